The zero-order chi connectivity index (χ0) is 14.3. The molecule has 8 heteroatoms. The maximum Gasteiger partial charge on any atom is 0.320 e. The van der Waals surface area contributed by atoms with Crippen molar-refractivity contribution in [3.8, 4) is 0 Å². The van der Waals surface area contributed by atoms with Gasteiger partial charge in [0.2, 0.25) is 0 Å². The maximum absolute atomic E-state index is 12.3. The summed E-state index contributed by atoms with van der Waals surface area (Å²) in [7, 11) is 0. The molecule has 1 unspecified atom stereocenters. The van der Waals surface area contributed by atoms with E-state index >= 15 is 0 Å². The van der Waals surface area contributed by atoms with E-state index in [4.69, 9.17) is 5.11 Å². The number of fused-ring (bicyclic) bond motifs is 1. The Hall–Kier alpha value is -2.12. The molecule has 0 bridgehead atoms. The van der Waals surface area contributed by atoms with Gasteiger partial charge in [-0.2, -0.15) is 0 Å². The highest BCUT2D eigenvalue weighted by Gasteiger charge is 2.39. The molecule has 3 rings (SSSR count). The Morgan fingerprint density at radius 2 is 2.10 bits per heavy atom. The minimum atomic E-state index is -0.798. The monoisotopic (exact) mass is 279 g/mol. The van der Waals surface area contributed by atoms with Gasteiger partial charge in [-0.3, -0.25) is 4.79 Å². The Labute approximate surface area is 116 Å². The minimum Gasteiger partial charge on any atom is -0.481 e. The quantitative estimate of drug-likeness (QED) is 0.814. The molecule has 2 amide bonds. The van der Waals surface area contributed by atoms with Crippen molar-refractivity contribution >= 4 is 12.0 Å². The molecule has 20 heavy (non-hydrogen) atoms. The lowest BCUT2D eigenvalue weighted by atomic mass is 9.87. The number of amides is 2. The van der Waals surface area contributed by atoms with Gasteiger partial charge in [0, 0.05) is 32.1 Å². The molecular formula is C12H17N5O3. The highest BCUT2D eigenvalue weighted by molar-refractivity contribution is 5.76. The van der Waals surface area contributed by atoms with Gasteiger partial charge in [-0.05, 0) is 0 Å². The van der Waals surface area contributed by atoms with Crippen molar-refractivity contribution in [3.63, 3.8) is 0 Å². The van der Waals surface area contributed by atoms with E-state index in [1.54, 1.807) is 23.1 Å². The van der Waals surface area contributed by atoms with E-state index in [0.717, 1.165) is 5.82 Å². The summed E-state index contributed by atoms with van der Waals surface area (Å²) in [4.78, 5) is 26.6. The third-order valence-electron chi connectivity index (χ3n) is 4.19. The molecule has 1 aromatic heterocycles. The van der Waals surface area contributed by atoms with E-state index in [-0.39, 0.29) is 11.9 Å². The van der Waals surface area contributed by atoms with Crippen LogP contribution in [0.2, 0.25) is 0 Å². The fourth-order valence-electron chi connectivity index (χ4n) is 2.62. The van der Waals surface area contributed by atoms with E-state index in [2.05, 4.69) is 10.2 Å². The molecule has 8 nitrogen and oxygen atoms in total. The minimum absolute atomic E-state index is 0.0342. The van der Waals surface area contributed by atoms with Gasteiger partial charge in [0.05, 0.1) is 12.5 Å². The number of carbonyl (C=O) groups is 2. The first-order valence-corrected chi connectivity index (χ1v) is 6.69. The number of hydrogen-bond donors (Lipinski definition) is 1. The Morgan fingerprint density at radius 3 is 2.80 bits per heavy atom. The average Bonchev–Trinajstić information content (AvgIpc) is 2.83. The third-order valence-corrected chi connectivity index (χ3v) is 4.19. The van der Waals surface area contributed by atoms with Crippen molar-refractivity contribution in [2.45, 2.75) is 20.0 Å². The third kappa shape index (κ3) is 2.10. The molecule has 2 aliphatic heterocycles. The van der Waals surface area contributed by atoms with Crippen LogP contribution in [0.5, 0.6) is 0 Å². The van der Waals surface area contributed by atoms with Crippen LogP contribution >= 0.6 is 0 Å². The summed E-state index contributed by atoms with van der Waals surface area (Å²) in [6, 6.07) is -0.0342. The summed E-state index contributed by atoms with van der Waals surface area (Å²) in [5.74, 6) is -0.345. The second-order valence-electron chi connectivity index (χ2n) is 5.44. The lowest BCUT2D eigenvalue weighted by molar-refractivity contribution is -0.144. The van der Waals surface area contributed by atoms with Gasteiger partial charge in [-0.15, -0.1) is 10.2 Å². The van der Waals surface area contributed by atoms with Crippen molar-refractivity contribution in [2.24, 2.45) is 11.8 Å². The van der Waals surface area contributed by atoms with Gasteiger partial charge >= 0.3 is 12.0 Å². The van der Waals surface area contributed by atoms with E-state index < -0.39 is 11.9 Å². The van der Waals surface area contributed by atoms with Crippen molar-refractivity contribution in [1.29, 1.82) is 0 Å². The molecule has 0 spiro atoms. The zero-order valence-electron chi connectivity index (χ0n) is 11.3. The van der Waals surface area contributed by atoms with Crippen molar-refractivity contribution < 1.29 is 14.7 Å². The van der Waals surface area contributed by atoms with E-state index in [1.807, 2.05) is 4.57 Å². The molecule has 0 radical (unpaired) electrons. The van der Waals surface area contributed by atoms with Crippen molar-refractivity contribution in [2.75, 3.05) is 19.6 Å². The molecule has 2 aliphatic rings. The normalized spacial score (nSPS) is 20.2. The molecule has 0 aromatic carbocycles. The van der Waals surface area contributed by atoms with Crippen LogP contribution in [-0.4, -0.2) is 61.3 Å². The maximum atomic E-state index is 12.3. The van der Waals surface area contributed by atoms with Gasteiger partial charge < -0.3 is 19.5 Å². The molecular weight excluding hydrogens is 262 g/mol. The van der Waals surface area contributed by atoms with Crippen LogP contribution in [0.15, 0.2) is 6.33 Å². The zero-order valence-corrected chi connectivity index (χ0v) is 11.3. The number of carboxylic acids is 1. The van der Waals surface area contributed by atoms with E-state index in [1.165, 1.54) is 0 Å². The van der Waals surface area contributed by atoms with E-state index in [0.29, 0.717) is 32.7 Å². The van der Waals surface area contributed by atoms with Crippen LogP contribution in [0.3, 0.4) is 0 Å². The summed E-state index contributed by atoms with van der Waals surface area (Å²) >= 11 is 0. The Balaban J connectivity index is 1.56. The number of rotatable bonds is 2. The largest absolute Gasteiger partial charge is 0.481 e. The van der Waals surface area contributed by atoms with Gasteiger partial charge in [-0.25, -0.2) is 4.79 Å². The van der Waals surface area contributed by atoms with Crippen LogP contribution in [0.25, 0.3) is 0 Å². The number of nitrogens with zero attached hydrogens (tertiary/aromatic N) is 5. The highest BCUT2D eigenvalue weighted by atomic mass is 16.4. The Bertz CT molecular complexity index is 537. The topological polar surface area (TPSA) is 91.6 Å². The second kappa shape index (κ2) is 4.77. The van der Waals surface area contributed by atoms with Gasteiger partial charge in [0.15, 0.2) is 5.82 Å². The molecule has 1 aromatic rings. The van der Waals surface area contributed by atoms with Gasteiger partial charge in [-0.1, -0.05) is 6.92 Å². The second-order valence-corrected chi connectivity index (χ2v) is 5.44. The first-order valence-electron chi connectivity index (χ1n) is 6.69. The summed E-state index contributed by atoms with van der Waals surface area (Å²) < 4.78 is 1.94. The number of urea groups is 1. The van der Waals surface area contributed by atoms with Gasteiger partial charge in [0.25, 0.3) is 0 Å². The van der Waals surface area contributed by atoms with Crippen LogP contribution in [0, 0.1) is 11.8 Å². The first kappa shape index (κ1) is 12.9. The highest BCUT2D eigenvalue weighted by Crippen LogP contribution is 2.26. The fraction of sp³-hybridized carbons (Fsp3) is 0.667. The first-order chi connectivity index (χ1) is 9.56. The van der Waals surface area contributed by atoms with Crippen LogP contribution < -0.4 is 0 Å². The molecule has 1 fully saturated rings. The number of aromatic nitrogens is 3. The predicted octanol–water partition coefficient (Wildman–Crippen LogP) is -0.134. The van der Waals surface area contributed by atoms with Crippen molar-refractivity contribution in [1.82, 2.24) is 24.6 Å². The smallest absolute Gasteiger partial charge is 0.320 e. The fourth-order valence-corrected chi connectivity index (χ4v) is 2.62. The number of carboxylic acid groups (broad SMARTS) is 1. The lowest BCUT2D eigenvalue weighted by Crippen LogP contribution is -2.58. The Kier molecular flexibility index (Phi) is 3.07. The molecule has 3 heterocycles. The summed E-state index contributed by atoms with van der Waals surface area (Å²) in [6.07, 6.45) is 1.67. The lowest BCUT2D eigenvalue weighted by Gasteiger charge is -2.44. The van der Waals surface area contributed by atoms with Crippen LogP contribution in [0.4, 0.5) is 4.79 Å². The number of carbonyl (C=O) groups excluding carboxylic acids is 1. The average molecular weight is 279 g/mol. The summed E-state index contributed by atoms with van der Waals surface area (Å²) in [6.45, 7) is 4.55. The van der Waals surface area contributed by atoms with Crippen LogP contribution in [0.1, 0.15) is 12.7 Å². The molecule has 0 saturated carbocycles. The Morgan fingerprint density at radius 1 is 1.35 bits per heavy atom. The molecule has 108 valence electrons. The van der Waals surface area contributed by atoms with E-state index in [9.17, 15) is 9.59 Å². The predicted molar refractivity (Wildman–Crippen MR) is 67.7 cm³/mol. The van der Waals surface area contributed by atoms with Crippen LogP contribution in [-0.2, 0) is 17.9 Å². The molecule has 1 saturated heterocycles. The summed E-state index contributed by atoms with van der Waals surface area (Å²) in [5.41, 5.74) is 0. The van der Waals surface area contributed by atoms with Crippen molar-refractivity contribution in [3.05, 3.63) is 12.2 Å². The van der Waals surface area contributed by atoms with Gasteiger partial charge in [0.1, 0.15) is 6.33 Å². The molecule has 1 atom stereocenters. The number of hydrogen-bond acceptors (Lipinski definition) is 4. The molecule has 1 N–H and O–H groups in total. The summed E-state index contributed by atoms with van der Waals surface area (Å²) in [5, 5.41) is 16.8. The number of aliphatic carboxylic acids is 1. The SMILES string of the molecule is CC(C(=O)O)C1CN(C(=O)N2CCn3cnnc3C2)C1. The standard InChI is InChI=1S/C12H17N5O3/c1-8(11(18)19)9-4-17(5-9)12(20)15-2-3-16-7-13-14-10(16)6-15/h7-9H,2-6H2,1H3,(H,18,19). The number of likely N-dealkylation sites (tertiary alicyclic amines) is 1. The molecule has 0 aliphatic carbocycles.